The lowest BCUT2D eigenvalue weighted by molar-refractivity contribution is 0.251. The number of rotatable bonds is 0. The highest BCUT2D eigenvalue weighted by molar-refractivity contribution is 8.13. The summed E-state index contributed by atoms with van der Waals surface area (Å²) < 4.78 is 0. The first-order valence-corrected chi connectivity index (χ1v) is 3.53. The van der Waals surface area contributed by atoms with Gasteiger partial charge in [0.25, 0.3) is 0 Å². The SMILES string of the molecule is CNC(=O)/N=C(\N)SC. The minimum Gasteiger partial charge on any atom is -0.378 e. The highest BCUT2D eigenvalue weighted by atomic mass is 32.2. The largest absolute Gasteiger partial charge is 0.378 e. The van der Waals surface area contributed by atoms with Crippen molar-refractivity contribution in [1.29, 1.82) is 0 Å². The van der Waals surface area contributed by atoms with E-state index in [0.717, 1.165) is 0 Å². The van der Waals surface area contributed by atoms with Crippen LogP contribution < -0.4 is 11.1 Å². The minimum absolute atomic E-state index is 0.273. The summed E-state index contributed by atoms with van der Waals surface area (Å²) in [5, 5.41) is 2.58. The Bertz CT molecular complexity index is 134. The molecule has 0 aromatic heterocycles. The lowest BCUT2D eigenvalue weighted by Crippen LogP contribution is -2.17. The maximum Gasteiger partial charge on any atom is 0.343 e. The van der Waals surface area contributed by atoms with Gasteiger partial charge in [0.15, 0.2) is 5.17 Å². The van der Waals surface area contributed by atoms with E-state index in [2.05, 4.69) is 10.3 Å². The van der Waals surface area contributed by atoms with Gasteiger partial charge in [-0.1, -0.05) is 11.8 Å². The Labute approximate surface area is 57.9 Å². The van der Waals surface area contributed by atoms with Gasteiger partial charge in [-0.2, -0.15) is 4.99 Å². The summed E-state index contributed by atoms with van der Waals surface area (Å²) in [6, 6.07) is -0.415. The predicted octanol–water partition coefficient (Wildman–Crippen LogP) is 0.00350. The molecule has 0 aromatic carbocycles. The van der Waals surface area contributed by atoms with E-state index in [4.69, 9.17) is 5.73 Å². The summed E-state index contributed by atoms with van der Waals surface area (Å²) in [6.45, 7) is 0. The Morgan fingerprint density at radius 1 is 1.78 bits per heavy atom. The Morgan fingerprint density at radius 2 is 2.33 bits per heavy atom. The van der Waals surface area contributed by atoms with Crippen molar-refractivity contribution in [2.75, 3.05) is 13.3 Å². The van der Waals surface area contributed by atoms with E-state index < -0.39 is 6.03 Å². The van der Waals surface area contributed by atoms with Crippen LogP contribution in [0.3, 0.4) is 0 Å². The zero-order valence-corrected chi connectivity index (χ0v) is 6.16. The van der Waals surface area contributed by atoms with Crippen molar-refractivity contribution in [3.63, 3.8) is 0 Å². The monoisotopic (exact) mass is 147 g/mol. The van der Waals surface area contributed by atoms with Crippen molar-refractivity contribution >= 4 is 23.0 Å². The summed E-state index contributed by atoms with van der Waals surface area (Å²) in [4.78, 5) is 13.8. The summed E-state index contributed by atoms with van der Waals surface area (Å²) in [5.41, 5.74) is 5.20. The van der Waals surface area contributed by atoms with Crippen LogP contribution in [0.15, 0.2) is 4.99 Å². The van der Waals surface area contributed by atoms with E-state index in [0.29, 0.717) is 0 Å². The van der Waals surface area contributed by atoms with Gasteiger partial charge in [-0.3, -0.25) is 0 Å². The Hall–Kier alpha value is -0.710. The molecule has 0 aromatic rings. The van der Waals surface area contributed by atoms with Crippen LogP contribution in [0.4, 0.5) is 4.79 Å². The van der Waals surface area contributed by atoms with Gasteiger partial charge in [-0.15, -0.1) is 0 Å². The van der Waals surface area contributed by atoms with E-state index in [1.807, 2.05) is 0 Å². The van der Waals surface area contributed by atoms with E-state index in [-0.39, 0.29) is 5.17 Å². The number of nitrogens with two attached hydrogens (primary N) is 1. The van der Waals surface area contributed by atoms with Gasteiger partial charge in [0, 0.05) is 7.05 Å². The van der Waals surface area contributed by atoms with Crippen molar-refractivity contribution in [1.82, 2.24) is 5.32 Å². The molecule has 0 aliphatic carbocycles. The molecule has 0 heterocycles. The second-order valence-corrected chi connectivity index (χ2v) is 2.04. The molecule has 3 N–H and O–H groups in total. The fourth-order valence-electron chi connectivity index (χ4n) is 0.202. The van der Waals surface area contributed by atoms with E-state index in [1.165, 1.54) is 18.8 Å². The average Bonchev–Trinajstić information content (AvgIpc) is 1.87. The fourth-order valence-corrected chi connectivity index (χ4v) is 0.376. The molecule has 0 rings (SSSR count). The molecule has 0 fully saturated rings. The number of carbonyl (C=O) groups is 1. The molecule has 4 nitrogen and oxygen atoms in total. The van der Waals surface area contributed by atoms with Gasteiger partial charge >= 0.3 is 6.03 Å². The van der Waals surface area contributed by atoms with Crippen molar-refractivity contribution in [2.24, 2.45) is 10.7 Å². The number of nitrogens with zero attached hydrogens (tertiary/aromatic N) is 1. The predicted molar refractivity (Wildman–Crippen MR) is 39.6 cm³/mol. The van der Waals surface area contributed by atoms with Crippen LogP contribution in [-0.2, 0) is 0 Å². The molecule has 0 radical (unpaired) electrons. The van der Waals surface area contributed by atoms with Crippen molar-refractivity contribution in [3.8, 4) is 0 Å². The van der Waals surface area contributed by atoms with Gasteiger partial charge in [0.05, 0.1) is 0 Å². The summed E-state index contributed by atoms with van der Waals surface area (Å²) in [6.07, 6.45) is 1.75. The van der Waals surface area contributed by atoms with Gasteiger partial charge in [-0.05, 0) is 6.26 Å². The number of aliphatic imine (C=N–C) groups is 1. The summed E-state index contributed by atoms with van der Waals surface area (Å²) in [5.74, 6) is 0. The summed E-state index contributed by atoms with van der Waals surface area (Å²) in [7, 11) is 1.50. The third kappa shape index (κ3) is 3.84. The molecule has 0 atom stereocenters. The van der Waals surface area contributed by atoms with Gasteiger partial charge in [0.1, 0.15) is 0 Å². The summed E-state index contributed by atoms with van der Waals surface area (Å²) >= 11 is 1.24. The molecule has 0 saturated carbocycles. The zero-order valence-electron chi connectivity index (χ0n) is 5.34. The molecular formula is C4H9N3OS. The Kier molecular flexibility index (Phi) is 3.87. The van der Waals surface area contributed by atoms with Crippen LogP contribution in [0, 0.1) is 0 Å². The smallest absolute Gasteiger partial charge is 0.343 e. The molecule has 0 bridgehead atoms. The first-order valence-electron chi connectivity index (χ1n) is 2.30. The van der Waals surface area contributed by atoms with Crippen LogP contribution in [0.1, 0.15) is 0 Å². The van der Waals surface area contributed by atoms with Crippen molar-refractivity contribution in [2.45, 2.75) is 0 Å². The van der Waals surface area contributed by atoms with Gasteiger partial charge in [0.2, 0.25) is 0 Å². The molecule has 2 amide bonds. The third-order valence-electron chi connectivity index (χ3n) is 0.635. The van der Waals surface area contributed by atoms with Gasteiger partial charge < -0.3 is 11.1 Å². The first kappa shape index (κ1) is 8.29. The Balaban J connectivity index is 3.79. The average molecular weight is 147 g/mol. The van der Waals surface area contributed by atoms with Crippen molar-refractivity contribution in [3.05, 3.63) is 0 Å². The van der Waals surface area contributed by atoms with Crippen LogP contribution in [0.5, 0.6) is 0 Å². The zero-order chi connectivity index (χ0) is 7.28. The Morgan fingerprint density at radius 3 is 2.67 bits per heavy atom. The minimum atomic E-state index is -0.415. The molecule has 52 valence electrons. The molecule has 0 spiro atoms. The topological polar surface area (TPSA) is 67.5 Å². The number of hydrogen-bond donors (Lipinski definition) is 2. The number of carbonyl (C=O) groups excluding carboxylic acids is 1. The number of amides is 2. The lowest BCUT2D eigenvalue weighted by atomic mass is 11.0. The number of nitrogens with one attached hydrogen (secondary N) is 1. The third-order valence-corrected chi connectivity index (χ3v) is 1.14. The van der Waals surface area contributed by atoms with Crippen molar-refractivity contribution < 1.29 is 4.79 Å². The number of amidine groups is 1. The van der Waals surface area contributed by atoms with Crippen LogP contribution in [0.2, 0.25) is 0 Å². The molecule has 9 heavy (non-hydrogen) atoms. The molecule has 0 aliphatic heterocycles. The highest BCUT2D eigenvalue weighted by Gasteiger charge is 1.92. The molecule has 0 saturated heterocycles. The number of urea groups is 1. The molecule has 5 heteroatoms. The van der Waals surface area contributed by atoms with E-state index in [9.17, 15) is 4.79 Å². The number of hydrogen-bond acceptors (Lipinski definition) is 2. The lowest BCUT2D eigenvalue weighted by Gasteiger charge is -1.91. The quantitative estimate of drug-likeness (QED) is 0.374. The van der Waals surface area contributed by atoms with Crippen LogP contribution in [0.25, 0.3) is 0 Å². The van der Waals surface area contributed by atoms with E-state index >= 15 is 0 Å². The maximum absolute atomic E-state index is 10.4. The van der Waals surface area contributed by atoms with Gasteiger partial charge in [-0.25, -0.2) is 4.79 Å². The molecule has 0 unspecified atom stereocenters. The van der Waals surface area contributed by atoms with Crippen LogP contribution >= 0.6 is 11.8 Å². The molecular weight excluding hydrogens is 138 g/mol. The van der Waals surface area contributed by atoms with E-state index in [1.54, 1.807) is 6.26 Å². The standard InChI is InChI=1S/C4H9N3OS/c1-6-4(8)7-3(5)9-2/h1-2H3,(H3,5,6,7,8). The second kappa shape index (κ2) is 4.20. The normalized spacial score (nSPS) is 11.1. The fraction of sp³-hybridized carbons (Fsp3) is 0.500. The second-order valence-electron chi connectivity index (χ2n) is 1.21. The highest BCUT2D eigenvalue weighted by Crippen LogP contribution is 1.89. The first-order chi connectivity index (χ1) is 4.20. The maximum atomic E-state index is 10.4. The number of thioether (sulfide) groups is 1. The van der Waals surface area contributed by atoms with Crippen LogP contribution in [-0.4, -0.2) is 24.5 Å². The molecule has 0 aliphatic rings.